The Hall–Kier alpha value is -1.91. The van der Waals surface area contributed by atoms with E-state index in [1.807, 2.05) is 0 Å². The summed E-state index contributed by atoms with van der Waals surface area (Å²) in [6.07, 6.45) is 1.21. The summed E-state index contributed by atoms with van der Waals surface area (Å²) >= 11 is 0. The zero-order chi connectivity index (χ0) is 15.7. The molecule has 1 heterocycles. The number of aromatic nitrogens is 2. The third-order valence-corrected chi connectivity index (χ3v) is 5.68. The summed E-state index contributed by atoms with van der Waals surface area (Å²) < 4.78 is 51.9. The number of rotatable bonds is 5. The van der Waals surface area contributed by atoms with Gasteiger partial charge in [0.25, 0.3) is 10.0 Å². The molecule has 2 aromatic rings. The number of hydrogen-bond donors (Lipinski definition) is 3. The van der Waals surface area contributed by atoms with Crippen molar-refractivity contribution in [3.8, 4) is 0 Å². The Morgan fingerprint density at radius 2 is 1.67 bits per heavy atom. The molecular formula is C11H14N4O4S2. The summed E-state index contributed by atoms with van der Waals surface area (Å²) in [6, 6.07) is 5.37. The molecule has 0 aliphatic rings. The maximum atomic E-state index is 12.1. The smallest absolute Gasteiger partial charge is 0.265 e. The number of nitrogens with one attached hydrogen (secondary N) is 3. The summed E-state index contributed by atoms with van der Waals surface area (Å²) in [6.45, 7) is 1.59. The Kier molecular flexibility index (Phi) is 4.03. The molecule has 0 radical (unpaired) electrons. The van der Waals surface area contributed by atoms with E-state index >= 15 is 0 Å². The van der Waals surface area contributed by atoms with Crippen molar-refractivity contribution in [3.63, 3.8) is 0 Å². The van der Waals surface area contributed by atoms with Gasteiger partial charge in [-0.15, -0.1) is 0 Å². The number of anilines is 1. The van der Waals surface area contributed by atoms with E-state index in [0.717, 1.165) is 0 Å². The summed E-state index contributed by atoms with van der Waals surface area (Å²) in [5, 5.41) is 6.20. The molecule has 2 rings (SSSR count). The fraction of sp³-hybridized carbons (Fsp3) is 0.182. The highest BCUT2D eigenvalue weighted by Crippen LogP contribution is 2.19. The third-order valence-electron chi connectivity index (χ3n) is 2.76. The van der Waals surface area contributed by atoms with Crippen LogP contribution in [0.3, 0.4) is 0 Å². The maximum absolute atomic E-state index is 12.1. The summed E-state index contributed by atoms with van der Waals surface area (Å²) in [5.74, 6) is 0. The number of aromatic amines is 1. The van der Waals surface area contributed by atoms with Crippen LogP contribution in [0.4, 0.5) is 5.69 Å². The molecule has 1 aromatic heterocycles. The molecule has 0 unspecified atom stereocenters. The number of benzene rings is 1. The van der Waals surface area contributed by atoms with Gasteiger partial charge in [0.1, 0.15) is 4.90 Å². The van der Waals surface area contributed by atoms with E-state index in [1.54, 1.807) is 6.92 Å². The highest BCUT2D eigenvalue weighted by Gasteiger charge is 2.19. The normalized spacial score (nSPS) is 12.3. The lowest BCUT2D eigenvalue weighted by Crippen LogP contribution is -2.18. The van der Waals surface area contributed by atoms with Gasteiger partial charge in [-0.2, -0.15) is 5.10 Å². The van der Waals surface area contributed by atoms with Crippen molar-refractivity contribution in [2.75, 3.05) is 11.8 Å². The van der Waals surface area contributed by atoms with E-state index in [9.17, 15) is 16.8 Å². The lowest BCUT2D eigenvalue weighted by molar-refractivity contribution is 0.588. The van der Waals surface area contributed by atoms with Crippen molar-refractivity contribution < 1.29 is 16.8 Å². The average molecular weight is 330 g/mol. The molecule has 114 valence electrons. The number of aryl methyl sites for hydroxylation is 1. The predicted molar refractivity (Wildman–Crippen MR) is 76.8 cm³/mol. The van der Waals surface area contributed by atoms with Gasteiger partial charge in [0.15, 0.2) is 0 Å². The van der Waals surface area contributed by atoms with Crippen molar-refractivity contribution in [3.05, 3.63) is 36.2 Å². The molecule has 0 saturated heterocycles. The minimum Gasteiger partial charge on any atom is -0.281 e. The first-order chi connectivity index (χ1) is 9.76. The molecule has 0 aliphatic heterocycles. The molecule has 10 heteroatoms. The van der Waals surface area contributed by atoms with Gasteiger partial charge in [-0.3, -0.25) is 9.82 Å². The second kappa shape index (κ2) is 5.47. The van der Waals surface area contributed by atoms with Gasteiger partial charge in [-0.05, 0) is 38.2 Å². The second-order valence-electron chi connectivity index (χ2n) is 4.20. The van der Waals surface area contributed by atoms with E-state index in [0.29, 0.717) is 5.69 Å². The van der Waals surface area contributed by atoms with Crippen LogP contribution in [0.25, 0.3) is 0 Å². The maximum Gasteiger partial charge on any atom is 0.265 e. The molecule has 21 heavy (non-hydrogen) atoms. The molecule has 8 nitrogen and oxygen atoms in total. The largest absolute Gasteiger partial charge is 0.281 e. The van der Waals surface area contributed by atoms with E-state index < -0.39 is 20.0 Å². The monoisotopic (exact) mass is 330 g/mol. The molecule has 0 bridgehead atoms. The van der Waals surface area contributed by atoms with Gasteiger partial charge in [0.05, 0.1) is 16.8 Å². The van der Waals surface area contributed by atoms with Crippen LogP contribution in [0.2, 0.25) is 0 Å². The van der Waals surface area contributed by atoms with E-state index in [2.05, 4.69) is 19.6 Å². The number of H-pyrrole nitrogens is 1. The predicted octanol–water partition coefficient (Wildman–Crippen LogP) is 0.427. The van der Waals surface area contributed by atoms with Crippen LogP contribution in [0, 0.1) is 6.92 Å². The molecule has 0 spiro atoms. The zero-order valence-corrected chi connectivity index (χ0v) is 12.9. The standard InChI is InChI=1S/C11H14N4O4S2/c1-8-11(7-13-14-8)21(18,19)15-9-3-5-10(6-4-9)20(16,17)12-2/h3-7,12,15H,1-2H3,(H,13,14). The summed E-state index contributed by atoms with van der Waals surface area (Å²) in [4.78, 5) is 0.0851. The molecule has 0 amide bonds. The van der Waals surface area contributed by atoms with Crippen LogP contribution < -0.4 is 9.44 Å². The third kappa shape index (κ3) is 3.23. The highest BCUT2D eigenvalue weighted by atomic mass is 32.2. The average Bonchev–Trinajstić information content (AvgIpc) is 2.86. The number of sulfonamides is 2. The first-order valence-corrected chi connectivity index (χ1v) is 8.79. The van der Waals surface area contributed by atoms with Gasteiger partial charge >= 0.3 is 0 Å². The minimum absolute atomic E-state index is 0.0365. The zero-order valence-electron chi connectivity index (χ0n) is 11.3. The number of nitrogens with zero attached hydrogens (tertiary/aromatic N) is 1. The first-order valence-electron chi connectivity index (χ1n) is 5.83. The Balaban J connectivity index is 2.28. The van der Waals surface area contributed by atoms with Gasteiger partial charge in [-0.1, -0.05) is 0 Å². The quantitative estimate of drug-likeness (QED) is 0.734. The summed E-state index contributed by atoms with van der Waals surface area (Å²) in [7, 11) is -6.01. The highest BCUT2D eigenvalue weighted by molar-refractivity contribution is 7.92. The van der Waals surface area contributed by atoms with Crippen LogP contribution >= 0.6 is 0 Å². The fourth-order valence-electron chi connectivity index (χ4n) is 1.64. The van der Waals surface area contributed by atoms with Crippen molar-refractivity contribution in [2.24, 2.45) is 0 Å². The van der Waals surface area contributed by atoms with E-state index in [1.165, 1.54) is 37.5 Å². The van der Waals surface area contributed by atoms with Crippen LogP contribution in [0.1, 0.15) is 5.69 Å². The molecule has 0 atom stereocenters. The Morgan fingerprint density at radius 3 is 2.14 bits per heavy atom. The van der Waals surface area contributed by atoms with Gasteiger partial charge in [0.2, 0.25) is 10.0 Å². The Morgan fingerprint density at radius 1 is 1.05 bits per heavy atom. The molecule has 0 saturated carbocycles. The van der Waals surface area contributed by atoms with Crippen LogP contribution in [0.5, 0.6) is 0 Å². The van der Waals surface area contributed by atoms with Crippen LogP contribution in [0.15, 0.2) is 40.3 Å². The molecule has 0 fully saturated rings. The van der Waals surface area contributed by atoms with Crippen molar-refractivity contribution >= 4 is 25.7 Å². The molecule has 3 N–H and O–H groups in total. The topological polar surface area (TPSA) is 121 Å². The number of hydrogen-bond acceptors (Lipinski definition) is 5. The Bertz CT molecular complexity index is 839. The summed E-state index contributed by atoms with van der Waals surface area (Å²) in [5.41, 5.74) is 0.669. The van der Waals surface area contributed by atoms with Gasteiger partial charge in [-0.25, -0.2) is 21.6 Å². The van der Waals surface area contributed by atoms with Crippen LogP contribution in [-0.2, 0) is 20.0 Å². The van der Waals surface area contributed by atoms with Crippen molar-refractivity contribution in [1.82, 2.24) is 14.9 Å². The molecule has 1 aromatic carbocycles. The second-order valence-corrected chi connectivity index (χ2v) is 7.73. The van der Waals surface area contributed by atoms with Crippen molar-refractivity contribution in [1.29, 1.82) is 0 Å². The Labute approximate surface area is 122 Å². The van der Waals surface area contributed by atoms with E-state index in [4.69, 9.17) is 0 Å². The van der Waals surface area contributed by atoms with Gasteiger partial charge in [0, 0.05) is 5.69 Å². The first kappa shape index (κ1) is 15.5. The lowest BCUT2D eigenvalue weighted by Gasteiger charge is -2.08. The van der Waals surface area contributed by atoms with E-state index in [-0.39, 0.29) is 15.5 Å². The van der Waals surface area contributed by atoms with Crippen LogP contribution in [-0.4, -0.2) is 34.1 Å². The SMILES string of the molecule is CNS(=O)(=O)c1ccc(NS(=O)(=O)c2cn[nH]c2C)cc1. The minimum atomic E-state index is -3.76. The van der Waals surface area contributed by atoms with Crippen molar-refractivity contribution in [2.45, 2.75) is 16.7 Å². The molecular weight excluding hydrogens is 316 g/mol. The lowest BCUT2D eigenvalue weighted by atomic mass is 10.3. The fourth-order valence-corrected chi connectivity index (χ4v) is 3.57. The molecule has 0 aliphatic carbocycles. The van der Waals surface area contributed by atoms with Gasteiger partial charge < -0.3 is 0 Å².